The zero-order valence-corrected chi connectivity index (χ0v) is 11.0. The molecule has 0 spiro atoms. The molecule has 3 heteroatoms. The maximum Gasteiger partial charge on any atom is 0.101 e. The molecule has 0 unspecified atom stereocenters. The molecular formula is C14H23N3. The number of nitrogens with zero attached hydrogens (tertiary/aromatic N) is 3. The highest BCUT2D eigenvalue weighted by Gasteiger charge is 2.31. The Bertz CT molecular complexity index is 331. The Morgan fingerprint density at radius 1 is 1.18 bits per heavy atom. The number of hydrogen-bond donors (Lipinski definition) is 0. The summed E-state index contributed by atoms with van der Waals surface area (Å²) in [5.74, 6) is 1.13. The van der Waals surface area contributed by atoms with Crippen molar-refractivity contribution in [3.8, 4) is 0 Å². The Balaban J connectivity index is 1.84. The van der Waals surface area contributed by atoms with Crippen molar-refractivity contribution in [1.29, 1.82) is 0 Å². The van der Waals surface area contributed by atoms with Gasteiger partial charge < -0.3 is 4.90 Å². The van der Waals surface area contributed by atoms with Crippen LogP contribution in [0.2, 0.25) is 0 Å². The largest absolute Gasteiger partial charge is 0.358 e. The third-order valence-electron chi connectivity index (χ3n) is 3.61. The molecule has 17 heavy (non-hydrogen) atoms. The molecule has 2 fully saturated rings. The van der Waals surface area contributed by atoms with Crippen LogP contribution in [0, 0.1) is 0 Å². The minimum atomic E-state index is 0.900. The van der Waals surface area contributed by atoms with Gasteiger partial charge in [-0.3, -0.25) is 4.90 Å². The molecule has 0 N–H and O–H groups in total. The molecule has 1 aliphatic heterocycles. The van der Waals surface area contributed by atoms with Gasteiger partial charge in [-0.05, 0) is 32.3 Å². The SMILES string of the molecule is C=C/C(C)=C\N=C(/C)N1CCN(C2CC2)CC1. The summed E-state index contributed by atoms with van der Waals surface area (Å²) in [6, 6.07) is 0.900. The van der Waals surface area contributed by atoms with Gasteiger partial charge in [0.2, 0.25) is 0 Å². The molecule has 1 aliphatic carbocycles. The third-order valence-corrected chi connectivity index (χ3v) is 3.61. The fourth-order valence-electron chi connectivity index (χ4n) is 2.18. The van der Waals surface area contributed by atoms with Crippen LogP contribution in [0.3, 0.4) is 0 Å². The molecule has 0 aromatic heterocycles. The number of hydrogen-bond acceptors (Lipinski definition) is 2. The van der Waals surface area contributed by atoms with Crippen LogP contribution in [-0.2, 0) is 0 Å². The van der Waals surface area contributed by atoms with Gasteiger partial charge in [0, 0.05) is 38.4 Å². The summed E-state index contributed by atoms with van der Waals surface area (Å²) in [4.78, 5) is 9.50. The fraction of sp³-hybridized carbons (Fsp3) is 0.643. The summed E-state index contributed by atoms with van der Waals surface area (Å²) >= 11 is 0. The second-order valence-corrected chi connectivity index (χ2v) is 5.01. The van der Waals surface area contributed by atoms with E-state index in [2.05, 4.69) is 28.3 Å². The van der Waals surface area contributed by atoms with Crippen molar-refractivity contribution >= 4 is 5.84 Å². The summed E-state index contributed by atoms with van der Waals surface area (Å²) in [6.07, 6.45) is 6.56. The van der Waals surface area contributed by atoms with Crippen molar-refractivity contribution < 1.29 is 0 Å². The molecule has 0 aromatic carbocycles. The fourth-order valence-corrected chi connectivity index (χ4v) is 2.18. The van der Waals surface area contributed by atoms with Gasteiger partial charge in [0.25, 0.3) is 0 Å². The van der Waals surface area contributed by atoms with Crippen LogP contribution in [0.15, 0.2) is 29.4 Å². The number of allylic oxidation sites excluding steroid dienone is 2. The van der Waals surface area contributed by atoms with Crippen molar-refractivity contribution in [3.63, 3.8) is 0 Å². The zero-order valence-electron chi connectivity index (χ0n) is 11.0. The van der Waals surface area contributed by atoms with Crippen LogP contribution in [0.1, 0.15) is 26.7 Å². The summed E-state index contributed by atoms with van der Waals surface area (Å²) in [6.45, 7) is 12.5. The van der Waals surface area contributed by atoms with Gasteiger partial charge in [0.15, 0.2) is 0 Å². The Kier molecular flexibility index (Phi) is 4.00. The first kappa shape index (κ1) is 12.4. The van der Waals surface area contributed by atoms with Crippen LogP contribution >= 0.6 is 0 Å². The van der Waals surface area contributed by atoms with E-state index in [1.807, 2.05) is 19.2 Å². The molecule has 0 radical (unpaired) electrons. The zero-order chi connectivity index (χ0) is 12.3. The van der Waals surface area contributed by atoms with Crippen molar-refractivity contribution in [1.82, 2.24) is 9.80 Å². The van der Waals surface area contributed by atoms with E-state index >= 15 is 0 Å². The van der Waals surface area contributed by atoms with Crippen molar-refractivity contribution in [2.75, 3.05) is 26.2 Å². The summed E-state index contributed by atoms with van der Waals surface area (Å²) < 4.78 is 0. The molecule has 0 bridgehead atoms. The maximum atomic E-state index is 4.49. The normalized spacial score (nSPS) is 24.0. The standard InChI is InChI=1S/C14H23N3/c1-4-12(2)11-15-13(3)16-7-9-17(10-8-16)14-5-6-14/h4,11,14H,1,5-10H2,2-3H3/b12-11-,15-13+. The van der Waals surface area contributed by atoms with Crippen LogP contribution in [0.4, 0.5) is 0 Å². The van der Waals surface area contributed by atoms with Gasteiger partial charge >= 0.3 is 0 Å². The number of aliphatic imine (C=N–C) groups is 1. The predicted molar refractivity (Wildman–Crippen MR) is 73.2 cm³/mol. The van der Waals surface area contributed by atoms with Crippen LogP contribution in [0.5, 0.6) is 0 Å². The summed E-state index contributed by atoms with van der Waals surface area (Å²) in [7, 11) is 0. The van der Waals surface area contributed by atoms with E-state index in [-0.39, 0.29) is 0 Å². The Morgan fingerprint density at radius 3 is 2.35 bits per heavy atom. The van der Waals surface area contributed by atoms with Crippen LogP contribution < -0.4 is 0 Å². The molecule has 1 saturated heterocycles. The van der Waals surface area contributed by atoms with E-state index in [0.29, 0.717) is 0 Å². The van der Waals surface area contributed by atoms with Gasteiger partial charge in [-0.1, -0.05) is 12.7 Å². The Morgan fingerprint density at radius 2 is 1.82 bits per heavy atom. The van der Waals surface area contributed by atoms with E-state index < -0.39 is 0 Å². The third kappa shape index (κ3) is 3.43. The first-order valence-corrected chi connectivity index (χ1v) is 6.53. The smallest absolute Gasteiger partial charge is 0.101 e. The van der Waals surface area contributed by atoms with Gasteiger partial charge in [-0.25, -0.2) is 4.99 Å². The second kappa shape index (κ2) is 5.50. The van der Waals surface area contributed by atoms with E-state index in [4.69, 9.17) is 0 Å². The average molecular weight is 233 g/mol. The monoisotopic (exact) mass is 233 g/mol. The lowest BCUT2D eigenvalue weighted by molar-refractivity contribution is 0.174. The lowest BCUT2D eigenvalue weighted by Crippen LogP contribution is -2.48. The maximum absolute atomic E-state index is 4.49. The number of rotatable bonds is 3. The molecule has 94 valence electrons. The molecule has 1 saturated carbocycles. The lowest BCUT2D eigenvalue weighted by atomic mass is 10.3. The first-order valence-electron chi connectivity index (χ1n) is 6.53. The number of amidine groups is 1. The van der Waals surface area contributed by atoms with Crippen molar-refractivity contribution in [2.24, 2.45) is 4.99 Å². The molecule has 0 amide bonds. The highest BCUT2D eigenvalue weighted by Crippen LogP contribution is 2.27. The highest BCUT2D eigenvalue weighted by molar-refractivity contribution is 5.80. The molecular weight excluding hydrogens is 210 g/mol. The molecule has 0 atom stereocenters. The van der Waals surface area contributed by atoms with E-state index in [0.717, 1.165) is 30.5 Å². The Hall–Kier alpha value is -1.09. The predicted octanol–water partition coefficient (Wildman–Crippen LogP) is 2.27. The van der Waals surface area contributed by atoms with Gasteiger partial charge in [-0.15, -0.1) is 0 Å². The van der Waals surface area contributed by atoms with Gasteiger partial charge in [0.1, 0.15) is 5.84 Å². The van der Waals surface area contributed by atoms with Crippen LogP contribution in [0.25, 0.3) is 0 Å². The van der Waals surface area contributed by atoms with E-state index in [1.165, 1.54) is 25.9 Å². The molecule has 3 nitrogen and oxygen atoms in total. The minimum absolute atomic E-state index is 0.900. The number of piperazine rings is 1. The topological polar surface area (TPSA) is 18.8 Å². The van der Waals surface area contributed by atoms with Gasteiger partial charge in [-0.2, -0.15) is 0 Å². The second-order valence-electron chi connectivity index (χ2n) is 5.01. The molecule has 2 rings (SSSR count). The van der Waals surface area contributed by atoms with Crippen molar-refractivity contribution in [2.45, 2.75) is 32.7 Å². The molecule has 1 heterocycles. The van der Waals surface area contributed by atoms with Gasteiger partial charge in [0.05, 0.1) is 0 Å². The Labute approximate surface area is 105 Å². The highest BCUT2D eigenvalue weighted by atomic mass is 15.3. The molecule has 0 aromatic rings. The van der Waals surface area contributed by atoms with Crippen molar-refractivity contribution in [3.05, 3.63) is 24.4 Å². The van der Waals surface area contributed by atoms with E-state index in [9.17, 15) is 0 Å². The first-order chi connectivity index (χ1) is 8.20. The minimum Gasteiger partial charge on any atom is -0.358 e. The quantitative estimate of drug-likeness (QED) is 0.423. The van der Waals surface area contributed by atoms with Crippen LogP contribution in [-0.4, -0.2) is 47.9 Å². The average Bonchev–Trinajstić information content (AvgIpc) is 3.20. The lowest BCUT2D eigenvalue weighted by Gasteiger charge is -2.35. The molecule has 2 aliphatic rings. The van der Waals surface area contributed by atoms with E-state index in [1.54, 1.807) is 0 Å². The summed E-state index contributed by atoms with van der Waals surface area (Å²) in [5, 5.41) is 0. The summed E-state index contributed by atoms with van der Waals surface area (Å²) in [5.41, 5.74) is 1.11.